The molecule has 0 unspecified atom stereocenters. The number of carbonyl (C=O) groups is 1. The summed E-state index contributed by atoms with van der Waals surface area (Å²) in [6, 6.07) is 2.52. The van der Waals surface area contributed by atoms with Crippen LogP contribution in [0.4, 0.5) is 5.13 Å². The van der Waals surface area contributed by atoms with Gasteiger partial charge in [0.15, 0.2) is 10.9 Å². The molecule has 20 heavy (non-hydrogen) atoms. The van der Waals surface area contributed by atoms with Crippen LogP contribution in [0.15, 0.2) is 21.6 Å². The van der Waals surface area contributed by atoms with Crippen molar-refractivity contribution in [1.29, 1.82) is 0 Å². The van der Waals surface area contributed by atoms with E-state index in [2.05, 4.69) is 15.0 Å². The Balaban J connectivity index is 2.18. The molecule has 2 aromatic heterocycles. The van der Waals surface area contributed by atoms with Crippen molar-refractivity contribution >= 4 is 32.4 Å². The van der Waals surface area contributed by atoms with Crippen LogP contribution in [-0.4, -0.2) is 26.4 Å². The van der Waals surface area contributed by atoms with Crippen molar-refractivity contribution in [1.82, 2.24) is 9.71 Å². The minimum Gasteiger partial charge on any atom is -0.438 e. The lowest BCUT2D eigenvalue weighted by Crippen LogP contribution is -2.18. The topological polar surface area (TPSA) is 101 Å². The molecule has 108 valence electrons. The molecule has 0 aromatic carbocycles. The lowest BCUT2D eigenvalue weighted by atomic mass is 10.4. The Morgan fingerprint density at radius 3 is 2.60 bits per heavy atom. The Bertz CT molecular complexity index is 726. The van der Waals surface area contributed by atoms with E-state index >= 15 is 0 Å². The number of thiazole rings is 1. The van der Waals surface area contributed by atoms with Gasteiger partial charge in [0, 0.05) is 4.88 Å². The van der Waals surface area contributed by atoms with E-state index in [1.165, 1.54) is 30.5 Å². The molecule has 7 nitrogen and oxygen atoms in total. The Morgan fingerprint density at radius 1 is 1.35 bits per heavy atom. The molecule has 1 amide bonds. The number of anilines is 1. The number of carbonyl (C=O) groups excluding carboxylic acids is 1. The molecule has 0 fully saturated rings. The van der Waals surface area contributed by atoms with Gasteiger partial charge in [0.25, 0.3) is 15.9 Å². The van der Waals surface area contributed by atoms with Crippen LogP contribution in [0.2, 0.25) is 0 Å². The molecule has 0 aliphatic carbocycles. The van der Waals surface area contributed by atoms with Crippen LogP contribution in [0.5, 0.6) is 0 Å². The number of aryl methyl sites for hydroxylation is 2. The number of amides is 1. The van der Waals surface area contributed by atoms with Crippen LogP contribution in [0.3, 0.4) is 0 Å². The fourth-order valence-corrected chi connectivity index (χ4v) is 2.83. The van der Waals surface area contributed by atoms with E-state index in [1.54, 1.807) is 0 Å². The highest BCUT2D eigenvalue weighted by atomic mass is 32.2. The highest BCUT2D eigenvalue weighted by Gasteiger charge is 2.20. The summed E-state index contributed by atoms with van der Waals surface area (Å²) >= 11 is 1.34. The van der Waals surface area contributed by atoms with E-state index in [4.69, 9.17) is 4.42 Å². The number of furan rings is 1. The van der Waals surface area contributed by atoms with Gasteiger partial charge >= 0.3 is 0 Å². The second-order valence-corrected chi connectivity index (χ2v) is 6.96. The summed E-state index contributed by atoms with van der Waals surface area (Å²) in [5.74, 6) is -0.638. The lowest BCUT2D eigenvalue weighted by molar-refractivity contribution is 0.0991. The maximum absolute atomic E-state index is 11.9. The summed E-state index contributed by atoms with van der Waals surface area (Å²) in [7, 11) is -2.43. The average Bonchev–Trinajstić information content (AvgIpc) is 2.98. The van der Waals surface area contributed by atoms with Crippen LogP contribution in [0.25, 0.3) is 0 Å². The standard InChI is InChI=1S/C11H13N3O4S2/c1-6-7(2)19-11(13-6)14-10(15)8-4-5-9(18-8)20(16,17)12-3/h4-5,12H,1-3H3,(H,13,14,15). The molecule has 0 saturated carbocycles. The normalized spacial score (nSPS) is 11.6. The maximum atomic E-state index is 11.9. The van der Waals surface area contributed by atoms with Gasteiger partial charge in [-0.3, -0.25) is 10.1 Å². The highest BCUT2D eigenvalue weighted by Crippen LogP contribution is 2.22. The molecule has 0 spiro atoms. The predicted molar refractivity (Wildman–Crippen MR) is 74.5 cm³/mol. The van der Waals surface area contributed by atoms with E-state index in [0.717, 1.165) is 10.6 Å². The molecule has 0 radical (unpaired) electrons. The van der Waals surface area contributed by atoms with E-state index in [0.29, 0.717) is 5.13 Å². The zero-order valence-electron chi connectivity index (χ0n) is 11.1. The van der Waals surface area contributed by atoms with E-state index < -0.39 is 15.9 Å². The second-order valence-electron chi connectivity index (χ2n) is 3.94. The largest absolute Gasteiger partial charge is 0.438 e. The molecule has 9 heteroatoms. The van der Waals surface area contributed by atoms with Crippen molar-refractivity contribution in [3.8, 4) is 0 Å². The summed E-state index contributed by atoms with van der Waals surface area (Å²) < 4.78 is 30.1. The third-order valence-corrected chi connectivity index (χ3v) is 4.86. The first-order valence-electron chi connectivity index (χ1n) is 5.62. The maximum Gasteiger partial charge on any atom is 0.293 e. The Hall–Kier alpha value is -1.71. The monoisotopic (exact) mass is 315 g/mol. The molecule has 2 heterocycles. The van der Waals surface area contributed by atoms with Crippen LogP contribution in [-0.2, 0) is 10.0 Å². The average molecular weight is 315 g/mol. The quantitative estimate of drug-likeness (QED) is 0.890. The molecule has 0 aliphatic rings. The minimum atomic E-state index is -3.70. The molecule has 2 N–H and O–H groups in total. The first kappa shape index (κ1) is 14.7. The lowest BCUT2D eigenvalue weighted by Gasteiger charge is -1.98. The van der Waals surface area contributed by atoms with Gasteiger partial charge in [-0.15, -0.1) is 11.3 Å². The van der Waals surface area contributed by atoms with Crippen molar-refractivity contribution in [2.24, 2.45) is 0 Å². The van der Waals surface area contributed by atoms with Crippen molar-refractivity contribution in [2.75, 3.05) is 12.4 Å². The second kappa shape index (κ2) is 5.35. The summed E-state index contributed by atoms with van der Waals surface area (Å²) in [6.45, 7) is 3.74. The predicted octanol–water partition coefficient (Wildman–Crippen LogP) is 1.51. The summed E-state index contributed by atoms with van der Waals surface area (Å²) in [6.07, 6.45) is 0. The van der Waals surface area contributed by atoms with Crippen LogP contribution < -0.4 is 10.0 Å². The number of hydrogen-bond donors (Lipinski definition) is 2. The van der Waals surface area contributed by atoms with Gasteiger partial charge < -0.3 is 4.42 Å². The van der Waals surface area contributed by atoms with Crippen LogP contribution in [0, 0.1) is 13.8 Å². The Kier molecular flexibility index (Phi) is 3.93. The van der Waals surface area contributed by atoms with Crippen molar-refractivity contribution in [3.05, 3.63) is 28.5 Å². The first-order valence-corrected chi connectivity index (χ1v) is 7.92. The highest BCUT2D eigenvalue weighted by molar-refractivity contribution is 7.89. The number of rotatable bonds is 4. The molecule has 0 saturated heterocycles. The summed E-state index contributed by atoms with van der Waals surface area (Å²) in [5, 5.41) is 2.70. The smallest absolute Gasteiger partial charge is 0.293 e. The summed E-state index contributed by atoms with van der Waals surface area (Å²) in [5.41, 5.74) is 0.836. The third kappa shape index (κ3) is 2.89. The Morgan fingerprint density at radius 2 is 2.05 bits per heavy atom. The minimum absolute atomic E-state index is 0.0932. The van der Waals surface area contributed by atoms with Gasteiger partial charge in [0.05, 0.1) is 5.69 Å². The summed E-state index contributed by atoms with van der Waals surface area (Å²) in [4.78, 5) is 17.1. The molecule has 2 aromatic rings. The molecule has 0 bridgehead atoms. The first-order chi connectivity index (χ1) is 9.33. The van der Waals surface area contributed by atoms with E-state index in [9.17, 15) is 13.2 Å². The number of sulfonamides is 1. The van der Waals surface area contributed by atoms with Gasteiger partial charge in [0.1, 0.15) is 0 Å². The van der Waals surface area contributed by atoms with Gasteiger partial charge in [-0.25, -0.2) is 18.1 Å². The van der Waals surface area contributed by atoms with Crippen LogP contribution >= 0.6 is 11.3 Å². The van der Waals surface area contributed by atoms with Gasteiger partial charge in [-0.2, -0.15) is 0 Å². The van der Waals surface area contributed by atoms with E-state index in [1.807, 2.05) is 13.8 Å². The zero-order valence-corrected chi connectivity index (χ0v) is 12.7. The number of nitrogens with zero attached hydrogens (tertiary/aromatic N) is 1. The molecule has 0 aliphatic heterocycles. The van der Waals surface area contributed by atoms with Gasteiger partial charge in [-0.05, 0) is 33.0 Å². The fourth-order valence-electron chi connectivity index (χ4n) is 1.37. The van der Waals surface area contributed by atoms with Crippen molar-refractivity contribution < 1.29 is 17.6 Å². The van der Waals surface area contributed by atoms with Gasteiger partial charge in [-0.1, -0.05) is 0 Å². The van der Waals surface area contributed by atoms with E-state index in [-0.39, 0.29) is 10.9 Å². The van der Waals surface area contributed by atoms with Crippen molar-refractivity contribution in [2.45, 2.75) is 18.9 Å². The molecular weight excluding hydrogens is 302 g/mol. The van der Waals surface area contributed by atoms with Gasteiger partial charge in [0.2, 0.25) is 5.09 Å². The number of aromatic nitrogens is 1. The zero-order chi connectivity index (χ0) is 14.9. The SMILES string of the molecule is CNS(=O)(=O)c1ccc(C(=O)Nc2nc(C)c(C)s2)o1. The Labute approximate surface area is 120 Å². The number of hydrogen-bond acceptors (Lipinski definition) is 6. The molecule has 0 atom stereocenters. The van der Waals surface area contributed by atoms with Crippen molar-refractivity contribution in [3.63, 3.8) is 0 Å². The molecule has 2 rings (SSSR count). The number of nitrogens with one attached hydrogen (secondary N) is 2. The third-order valence-electron chi connectivity index (χ3n) is 2.59. The molecular formula is C11H13N3O4S2. The van der Waals surface area contributed by atoms with Crippen LogP contribution in [0.1, 0.15) is 21.1 Å². The fraction of sp³-hybridized carbons (Fsp3) is 0.273.